The Bertz CT molecular complexity index is 979. The summed E-state index contributed by atoms with van der Waals surface area (Å²) < 4.78 is 0. The van der Waals surface area contributed by atoms with Gasteiger partial charge in [0.05, 0.1) is 5.56 Å². The molecule has 0 aromatic heterocycles. The van der Waals surface area contributed by atoms with Gasteiger partial charge in [0.2, 0.25) is 5.91 Å². The third kappa shape index (κ3) is 4.64. The monoisotopic (exact) mass is 362 g/mol. The van der Waals surface area contributed by atoms with E-state index in [0.29, 0.717) is 17.8 Å². The fourth-order valence-corrected chi connectivity index (χ4v) is 2.83. The van der Waals surface area contributed by atoms with E-state index in [0.717, 1.165) is 10.8 Å². The summed E-state index contributed by atoms with van der Waals surface area (Å²) in [6.07, 6.45) is 0.458. The fraction of sp³-hybridized carbons (Fsp3) is 0.182. The molecule has 3 rings (SSSR count). The van der Waals surface area contributed by atoms with Crippen LogP contribution in [0.25, 0.3) is 10.8 Å². The van der Waals surface area contributed by atoms with Gasteiger partial charge < -0.3 is 15.7 Å². The molecule has 2 amide bonds. The summed E-state index contributed by atoms with van der Waals surface area (Å²) in [5, 5.41) is 17.5. The van der Waals surface area contributed by atoms with Gasteiger partial charge in [-0.2, -0.15) is 0 Å². The van der Waals surface area contributed by atoms with E-state index in [4.69, 9.17) is 0 Å². The van der Waals surface area contributed by atoms with Crippen LogP contribution in [-0.2, 0) is 4.79 Å². The van der Waals surface area contributed by atoms with Crippen LogP contribution in [0.1, 0.15) is 30.6 Å². The van der Waals surface area contributed by atoms with Crippen LogP contribution in [0, 0.1) is 5.92 Å². The Morgan fingerprint density at radius 2 is 1.44 bits per heavy atom. The summed E-state index contributed by atoms with van der Waals surface area (Å²) in [5.74, 6) is -0.209. The Kier molecular flexibility index (Phi) is 5.41. The quantitative estimate of drug-likeness (QED) is 0.611. The molecule has 0 radical (unpaired) electrons. The number of benzene rings is 3. The number of anilines is 2. The van der Waals surface area contributed by atoms with Crippen molar-refractivity contribution >= 4 is 34.0 Å². The van der Waals surface area contributed by atoms with E-state index in [1.807, 2.05) is 38.1 Å². The summed E-state index contributed by atoms with van der Waals surface area (Å²) in [6.45, 7) is 3.97. The number of nitrogens with one attached hydrogen (secondary N) is 2. The Morgan fingerprint density at radius 3 is 2.04 bits per heavy atom. The Morgan fingerprint density at radius 1 is 0.889 bits per heavy atom. The second kappa shape index (κ2) is 7.91. The standard InChI is InChI=1S/C22H22N2O3/c1-14(2)11-21(26)23-17-7-9-18(10-8-17)24-22(27)19-12-15-5-3-4-6-16(15)13-20(19)25/h3-10,12-14,25H,11H2,1-2H3,(H,23,26)(H,24,27). The predicted molar refractivity (Wildman–Crippen MR) is 108 cm³/mol. The van der Waals surface area contributed by atoms with Crippen LogP contribution in [0.2, 0.25) is 0 Å². The van der Waals surface area contributed by atoms with Crippen molar-refractivity contribution in [1.82, 2.24) is 0 Å². The van der Waals surface area contributed by atoms with E-state index < -0.39 is 5.91 Å². The first-order chi connectivity index (χ1) is 12.9. The molecule has 0 bridgehead atoms. The maximum atomic E-state index is 12.5. The summed E-state index contributed by atoms with van der Waals surface area (Å²) in [5.41, 5.74) is 1.46. The van der Waals surface area contributed by atoms with Gasteiger partial charge in [0.15, 0.2) is 0 Å². The predicted octanol–water partition coefficient (Wildman–Crippen LogP) is 4.78. The molecule has 0 saturated heterocycles. The highest BCUT2D eigenvalue weighted by Gasteiger charge is 2.13. The summed E-state index contributed by atoms with van der Waals surface area (Å²) in [7, 11) is 0. The van der Waals surface area contributed by atoms with E-state index in [-0.39, 0.29) is 23.1 Å². The molecular formula is C22H22N2O3. The van der Waals surface area contributed by atoms with Crippen molar-refractivity contribution in [2.45, 2.75) is 20.3 Å². The number of carbonyl (C=O) groups excluding carboxylic acids is 2. The number of phenols is 1. The zero-order chi connectivity index (χ0) is 19.4. The van der Waals surface area contributed by atoms with Gasteiger partial charge in [0.25, 0.3) is 5.91 Å². The lowest BCUT2D eigenvalue weighted by Gasteiger charge is -2.10. The number of amides is 2. The lowest BCUT2D eigenvalue weighted by atomic mass is 10.1. The highest BCUT2D eigenvalue weighted by Crippen LogP contribution is 2.26. The molecule has 138 valence electrons. The van der Waals surface area contributed by atoms with E-state index in [9.17, 15) is 14.7 Å². The first-order valence-corrected chi connectivity index (χ1v) is 8.85. The summed E-state index contributed by atoms with van der Waals surface area (Å²) in [6, 6.07) is 17.7. The van der Waals surface area contributed by atoms with Crippen molar-refractivity contribution in [2.75, 3.05) is 10.6 Å². The highest BCUT2D eigenvalue weighted by molar-refractivity contribution is 6.08. The molecule has 0 atom stereocenters. The van der Waals surface area contributed by atoms with Crippen LogP contribution >= 0.6 is 0 Å². The number of carbonyl (C=O) groups is 2. The maximum Gasteiger partial charge on any atom is 0.259 e. The number of aromatic hydroxyl groups is 1. The van der Waals surface area contributed by atoms with Crippen LogP contribution in [0.3, 0.4) is 0 Å². The van der Waals surface area contributed by atoms with E-state index in [1.165, 1.54) is 0 Å². The molecule has 5 heteroatoms. The van der Waals surface area contributed by atoms with Gasteiger partial charge in [-0.1, -0.05) is 38.1 Å². The molecule has 0 unspecified atom stereocenters. The van der Waals surface area contributed by atoms with Crippen LogP contribution in [0.15, 0.2) is 60.7 Å². The number of hydrogen-bond acceptors (Lipinski definition) is 3. The SMILES string of the molecule is CC(C)CC(=O)Nc1ccc(NC(=O)c2cc3ccccc3cc2O)cc1. The third-order valence-corrected chi connectivity index (χ3v) is 4.13. The van der Waals surface area contributed by atoms with Gasteiger partial charge in [-0.05, 0) is 53.1 Å². The van der Waals surface area contributed by atoms with Crippen LogP contribution in [0.4, 0.5) is 11.4 Å². The number of fused-ring (bicyclic) bond motifs is 1. The molecular weight excluding hydrogens is 340 g/mol. The molecule has 0 fully saturated rings. The van der Waals surface area contributed by atoms with Crippen molar-refractivity contribution in [1.29, 1.82) is 0 Å². The number of rotatable bonds is 5. The molecule has 3 N–H and O–H groups in total. The Labute approximate surface area is 158 Å². The Hall–Kier alpha value is -3.34. The summed E-state index contributed by atoms with van der Waals surface area (Å²) in [4.78, 5) is 24.3. The zero-order valence-electron chi connectivity index (χ0n) is 15.3. The number of phenolic OH excluding ortho intramolecular Hbond substituents is 1. The van der Waals surface area contributed by atoms with Gasteiger partial charge in [-0.15, -0.1) is 0 Å². The minimum Gasteiger partial charge on any atom is -0.507 e. The first-order valence-electron chi connectivity index (χ1n) is 8.85. The molecule has 27 heavy (non-hydrogen) atoms. The molecule has 0 saturated carbocycles. The van der Waals surface area contributed by atoms with Gasteiger partial charge in [-0.25, -0.2) is 0 Å². The zero-order valence-corrected chi connectivity index (χ0v) is 15.3. The molecule has 0 spiro atoms. The van der Waals surface area contributed by atoms with Crippen LogP contribution < -0.4 is 10.6 Å². The van der Waals surface area contributed by atoms with Gasteiger partial charge >= 0.3 is 0 Å². The summed E-state index contributed by atoms with van der Waals surface area (Å²) >= 11 is 0. The molecule has 0 aliphatic carbocycles. The molecule has 0 heterocycles. The normalized spacial score (nSPS) is 10.8. The van der Waals surface area contributed by atoms with E-state index in [1.54, 1.807) is 36.4 Å². The van der Waals surface area contributed by atoms with E-state index >= 15 is 0 Å². The highest BCUT2D eigenvalue weighted by atomic mass is 16.3. The third-order valence-electron chi connectivity index (χ3n) is 4.13. The number of hydrogen-bond donors (Lipinski definition) is 3. The minimum absolute atomic E-state index is 0.0390. The van der Waals surface area contributed by atoms with Crippen LogP contribution in [0.5, 0.6) is 5.75 Å². The fourth-order valence-electron chi connectivity index (χ4n) is 2.83. The van der Waals surface area contributed by atoms with Crippen molar-refractivity contribution in [3.8, 4) is 5.75 Å². The van der Waals surface area contributed by atoms with E-state index in [2.05, 4.69) is 10.6 Å². The van der Waals surface area contributed by atoms with Gasteiger partial charge in [-0.3, -0.25) is 9.59 Å². The van der Waals surface area contributed by atoms with Gasteiger partial charge in [0, 0.05) is 17.8 Å². The second-order valence-corrected chi connectivity index (χ2v) is 6.89. The smallest absolute Gasteiger partial charge is 0.259 e. The lowest BCUT2D eigenvalue weighted by Crippen LogP contribution is -2.14. The van der Waals surface area contributed by atoms with Crippen molar-refractivity contribution < 1.29 is 14.7 Å². The molecule has 5 nitrogen and oxygen atoms in total. The first kappa shape index (κ1) is 18.5. The lowest BCUT2D eigenvalue weighted by molar-refractivity contribution is -0.116. The Balaban J connectivity index is 1.71. The van der Waals surface area contributed by atoms with Crippen LogP contribution in [-0.4, -0.2) is 16.9 Å². The van der Waals surface area contributed by atoms with Crippen molar-refractivity contribution in [3.63, 3.8) is 0 Å². The minimum atomic E-state index is -0.394. The molecule has 3 aromatic rings. The topological polar surface area (TPSA) is 78.4 Å². The largest absolute Gasteiger partial charge is 0.507 e. The van der Waals surface area contributed by atoms with Crippen molar-refractivity contribution in [2.24, 2.45) is 5.92 Å². The second-order valence-electron chi connectivity index (χ2n) is 6.89. The molecule has 0 aliphatic rings. The van der Waals surface area contributed by atoms with Crippen molar-refractivity contribution in [3.05, 3.63) is 66.2 Å². The average Bonchev–Trinajstić information content (AvgIpc) is 2.62. The maximum absolute atomic E-state index is 12.5. The average molecular weight is 362 g/mol. The van der Waals surface area contributed by atoms with Gasteiger partial charge in [0.1, 0.15) is 5.75 Å². The molecule has 0 aliphatic heterocycles. The molecule has 3 aromatic carbocycles.